The minimum absolute atomic E-state index is 0.0117. The van der Waals surface area contributed by atoms with Crippen LogP contribution < -0.4 is 10.6 Å². The Kier molecular flexibility index (Phi) is 5.25. The van der Waals surface area contributed by atoms with Gasteiger partial charge in [0.1, 0.15) is 5.82 Å². The number of nitrogens with one attached hydrogen (secondary N) is 2. The summed E-state index contributed by atoms with van der Waals surface area (Å²) >= 11 is 3.40. The van der Waals surface area contributed by atoms with Crippen molar-refractivity contribution in [3.63, 3.8) is 0 Å². The van der Waals surface area contributed by atoms with Gasteiger partial charge in [-0.05, 0) is 41.4 Å². The zero-order valence-corrected chi connectivity index (χ0v) is 11.1. The van der Waals surface area contributed by atoms with Crippen molar-refractivity contribution in [1.29, 1.82) is 0 Å². The molecule has 1 aromatic rings. The number of pyridine rings is 1. The molecule has 88 valence electrons. The number of halogens is 1. The minimum Gasteiger partial charge on any atom is -0.370 e. The van der Waals surface area contributed by atoms with Crippen molar-refractivity contribution in [2.75, 3.05) is 18.4 Å². The van der Waals surface area contributed by atoms with E-state index in [1.54, 1.807) is 0 Å². The van der Waals surface area contributed by atoms with Crippen LogP contribution in [0.1, 0.15) is 19.0 Å². The summed E-state index contributed by atoms with van der Waals surface area (Å²) in [6.45, 7) is 4.96. The Morgan fingerprint density at radius 2 is 2.19 bits per heavy atom. The predicted octanol–water partition coefficient (Wildman–Crippen LogP) is 2.09. The van der Waals surface area contributed by atoms with Gasteiger partial charge in [-0.3, -0.25) is 4.79 Å². The lowest BCUT2D eigenvalue weighted by Gasteiger charge is -2.07. The van der Waals surface area contributed by atoms with Gasteiger partial charge in [-0.15, -0.1) is 0 Å². The number of anilines is 1. The molecule has 5 heteroatoms. The van der Waals surface area contributed by atoms with Crippen LogP contribution in [-0.4, -0.2) is 24.0 Å². The van der Waals surface area contributed by atoms with Gasteiger partial charge in [-0.25, -0.2) is 4.98 Å². The lowest BCUT2D eigenvalue weighted by Crippen LogP contribution is -2.22. The molecular weight excluding hydrogens is 270 g/mol. The molecule has 1 heterocycles. The second-order valence-corrected chi connectivity index (χ2v) is 4.38. The first-order valence-electron chi connectivity index (χ1n) is 5.21. The molecule has 0 radical (unpaired) electrons. The van der Waals surface area contributed by atoms with Crippen molar-refractivity contribution in [2.24, 2.45) is 0 Å². The first-order valence-corrected chi connectivity index (χ1v) is 6.00. The minimum atomic E-state index is 0.0117. The van der Waals surface area contributed by atoms with Crippen LogP contribution in [0.25, 0.3) is 0 Å². The monoisotopic (exact) mass is 285 g/mol. The standard InChI is InChI=1S/C11H16BrN3O/c1-8-10(12)4-5-11(15-8)14-7-3-6-13-9(2)16/h4-5H,3,6-7H2,1-2H3,(H,13,16)(H,14,15). The van der Waals surface area contributed by atoms with Crippen LogP contribution in [0, 0.1) is 6.92 Å². The zero-order chi connectivity index (χ0) is 12.0. The number of rotatable bonds is 5. The first kappa shape index (κ1) is 13.0. The summed E-state index contributed by atoms with van der Waals surface area (Å²) in [5, 5.41) is 5.95. The van der Waals surface area contributed by atoms with E-state index in [1.807, 2.05) is 19.1 Å². The Hall–Kier alpha value is -1.10. The molecule has 16 heavy (non-hydrogen) atoms. The van der Waals surface area contributed by atoms with Crippen molar-refractivity contribution in [3.05, 3.63) is 22.3 Å². The third-order valence-electron chi connectivity index (χ3n) is 2.05. The molecule has 1 rings (SSSR count). The molecule has 0 aliphatic carbocycles. The molecule has 0 saturated heterocycles. The van der Waals surface area contributed by atoms with Crippen LogP contribution in [0.5, 0.6) is 0 Å². The van der Waals surface area contributed by atoms with Crippen LogP contribution in [0.15, 0.2) is 16.6 Å². The van der Waals surface area contributed by atoms with E-state index in [0.717, 1.165) is 29.0 Å². The summed E-state index contributed by atoms with van der Waals surface area (Å²) in [5.41, 5.74) is 0.965. The number of aromatic nitrogens is 1. The summed E-state index contributed by atoms with van der Waals surface area (Å²) in [6, 6.07) is 3.90. The molecule has 0 fully saturated rings. The molecule has 1 amide bonds. The molecule has 0 unspecified atom stereocenters. The summed E-state index contributed by atoms with van der Waals surface area (Å²) in [6.07, 6.45) is 0.885. The van der Waals surface area contributed by atoms with Crippen LogP contribution >= 0.6 is 15.9 Å². The fraction of sp³-hybridized carbons (Fsp3) is 0.455. The topological polar surface area (TPSA) is 54.0 Å². The zero-order valence-electron chi connectivity index (χ0n) is 9.51. The van der Waals surface area contributed by atoms with E-state index < -0.39 is 0 Å². The summed E-state index contributed by atoms with van der Waals surface area (Å²) < 4.78 is 1.01. The van der Waals surface area contributed by atoms with Gasteiger partial charge in [0, 0.05) is 24.5 Å². The van der Waals surface area contributed by atoms with E-state index in [4.69, 9.17) is 0 Å². The number of aryl methyl sites for hydroxylation is 1. The van der Waals surface area contributed by atoms with Gasteiger partial charge in [0.25, 0.3) is 0 Å². The van der Waals surface area contributed by atoms with Crippen LogP contribution in [0.4, 0.5) is 5.82 Å². The maximum atomic E-state index is 10.6. The van der Waals surface area contributed by atoms with Crippen molar-refractivity contribution < 1.29 is 4.79 Å². The lowest BCUT2D eigenvalue weighted by molar-refractivity contribution is -0.118. The highest BCUT2D eigenvalue weighted by molar-refractivity contribution is 9.10. The number of amides is 1. The first-order chi connectivity index (χ1) is 7.59. The van der Waals surface area contributed by atoms with Crippen molar-refractivity contribution in [2.45, 2.75) is 20.3 Å². The third-order valence-corrected chi connectivity index (χ3v) is 2.89. The number of carbonyl (C=O) groups is 1. The highest BCUT2D eigenvalue weighted by Gasteiger charge is 1.98. The molecular formula is C11H16BrN3O. The highest BCUT2D eigenvalue weighted by Crippen LogP contribution is 2.15. The second-order valence-electron chi connectivity index (χ2n) is 3.53. The van der Waals surface area contributed by atoms with E-state index in [0.29, 0.717) is 6.54 Å². The average molecular weight is 286 g/mol. The number of nitrogens with zero attached hydrogens (tertiary/aromatic N) is 1. The number of hydrogen-bond donors (Lipinski definition) is 2. The second kappa shape index (κ2) is 6.48. The van der Waals surface area contributed by atoms with Gasteiger partial charge in [-0.1, -0.05) is 0 Å². The highest BCUT2D eigenvalue weighted by atomic mass is 79.9. The predicted molar refractivity (Wildman–Crippen MR) is 68.5 cm³/mol. The molecule has 2 N–H and O–H groups in total. The fourth-order valence-corrected chi connectivity index (χ4v) is 1.43. The maximum Gasteiger partial charge on any atom is 0.216 e. The molecule has 0 saturated carbocycles. The fourth-order valence-electron chi connectivity index (χ4n) is 1.21. The third kappa shape index (κ3) is 4.61. The number of hydrogen-bond acceptors (Lipinski definition) is 3. The molecule has 0 atom stereocenters. The van der Waals surface area contributed by atoms with Gasteiger partial charge in [0.15, 0.2) is 0 Å². The number of carbonyl (C=O) groups excluding carboxylic acids is 1. The van der Waals surface area contributed by atoms with E-state index in [9.17, 15) is 4.79 Å². The van der Waals surface area contributed by atoms with E-state index in [1.165, 1.54) is 6.92 Å². The SMILES string of the molecule is CC(=O)NCCCNc1ccc(Br)c(C)n1. The Morgan fingerprint density at radius 1 is 1.44 bits per heavy atom. The van der Waals surface area contributed by atoms with Crippen LogP contribution in [0.2, 0.25) is 0 Å². The lowest BCUT2D eigenvalue weighted by atomic mass is 10.3. The molecule has 0 aliphatic rings. The molecule has 4 nitrogen and oxygen atoms in total. The summed E-state index contributed by atoms with van der Waals surface area (Å²) in [7, 11) is 0. The quantitative estimate of drug-likeness (QED) is 0.815. The van der Waals surface area contributed by atoms with Gasteiger partial charge in [0.2, 0.25) is 5.91 Å². The smallest absolute Gasteiger partial charge is 0.216 e. The normalized spacial score (nSPS) is 9.94. The van der Waals surface area contributed by atoms with Crippen molar-refractivity contribution in [1.82, 2.24) is 10.3 Å². The summed E-state index contributed by atoms with van der Waals surface area (Å²) in [5.74, 6) is 0.876. The van der Waals surface area contributed by atoms with Crippen LogP contribution in [0.3, 0.4) is 0 Å². The molecule has 1 aromatic heterocycles. The van der Waals surface area contributed by atoms with Crippen LogP contribution in [-0.2, 0) is 4.79 Å². The van der Waals surface area contributed by atoms with E-state index in [-0.39, 0.29) is 5.91 Å². The van der Waals surface area contributed by atoms with Crippen molar-refractivity contribution in [3.8, 4) is 0 Å². The Balaban J connectivity index is 2.27. The van der Waals surface area contributed by atoms with Crippen molar-refractivity contribution >= 4 is 27.7 Å². The van der Waals surface area contributed by atoms with E-state index in [2.05, 4.69) is 31.5 Å². The Morgan fingerprint density at radius 3 is 2.81 bits per heavy atom. The van der Waals surface area contributed by atoms with Gasteiger partial charge < -0.3 is 10.6 Å². The molecule has 0 aliphatic heterocycles. The van der Waals surface area contributed by atoms with Gasteiger partial charge >= 0.3 is 0 Å². The molecule has 0 spiro atoms. The summed E-state index contributed by atoms with van der Waals surface area (Å²) in [4.78, 5) is 15.0. The molecule has 0 bridgehead atoms. The van der Waals surface area contributed by atoms with Gasteiger partial charge in [0.05, 0.1) is 5.69 Å². The molecule has 0 aromatic carbocycles. The Bertz CT molecular complexity index is 368. The Labute approximate surface area is 104 Å². The largest absolute Gasteiger partial charge is 0.370 e. The average Bonchev–Trinajstić information content (AvgIpc) is 2.22. The van der Waals surface area contributed by atoms with Gasteiger partial charge in [-0.2, -0.15) is 0 Å². The maximum absolute atomic E-state index is 10.6. The van der Waals surface area contributed by atoms with E-state index >= 15 is 0 Å².